The fourth-order valence-corrected chi connectivity index (χ4v) is 4.30. The number of rotatable bonds is 7. The third kappa shape index (κ3) is 4.61. The Morgan fingerprint density at radius 3 is 2.65 bits per heavy atom. The van der Waals surface area contributed by atoms with Crippen LogP contribution in [0.5, 0.6) is 0 Å². The minimum absolute atomic E-state index is 0.00797. The lowest BCUT2D eigenvalue weighted by atomic mass is 10.2. The van der Waals surface area contributed by atoms with Gasteiger partial charge in [0, 0.05) is 15.4 Å². The largest absolute Gasteiger partial charge is 0.478 e. The number of hydrogen-bond donors (Lipinski definition) is 2. The molecule has 0 aliphatic rings. The summed E-state index contributed by atoms with van der Waals surface area (Å²) >= 11 is 3.43. The van der Waals surface area contributed by atoms with Crippen molar-refractivity contribution in [2.45, 2.75) is 24.3 Å². The van der Waals surface area contributed by atoms with Gasteiger partial charge in [-0.25, -0.2) is 17.9 Å². The summed E-state index contributed by atoms with van der Waals surface area (Å²) in [6, 6.07) is 3.94. The number of thioether (sulfide) groups is 1. The molecule has 1 atom stereocenters. The van der Waals surface area contributed by atoms with Gasteiger partial charge in [-0.2, -0.15) is 11.8 Å². The van der Waals surface area contributed by atoms with Gasteiger partial charge in [0.1, 0.15) is 0 Å². The lowest BCUT2D eigenvalue weighted by Crippen LogP contribution is -2.36. The summed E-state index contributed by atoms with van der Waals surface area (Å²) in [4.78, 5) is 11.0. The molecule has 0 spiro atoms. The Hall–Kier alpha value is -0.320. The fraction of sp³-hybridized carbons (Fsp3) is 0.417. The third-order valence-electron chi connectivity index (χ3n) is 2.66. The van der Waals surface area contributed by atoms with E-state index >= 15 is 0 Å². The third-order valence-corrected chi connectivity index (χ3v) is 5.86. The second-order valence-corrected chi connectivity index (χ2v) is 7.92. The molecule has 1 unspecified atom stereocenters. The standard InChI is InChI=1S/C12H16INO4S2/c1-3-8(7-19-2)14-20(17,18)9-4-5-11(13)10(6-9)12(15)16/h4-6,8,14H,3,7H2,1-2H3,(H,15,16). The van der Waals surface area contributed by atoms with Gasteiger partial charge in [0.2, 0.25) is 10.0 Å². The first-order valence-corrected chi connectivity index (χ1v) is 9.81. The van der Waals surface area contributed by atoms with Crippen LogP contribution in [0.4, 0.5) is 0 Å². The minimum Gasteiger partial charge on any atom is -0.478 e. The number of aromatic carboxylic acids is 1. The summed E-state index contributed by atoms with van der Waals surface area (Å²) in [5, 5.41) is 9.04. The Morgan fingerprint density at radius 2 is 2.15 bits per heavy atom. The fourth-order valence-electron chi connectivity index (χ4n) is 1.56. The predicted molar refractivity (Wildman–Crippen MR) is 88.9 cm³/mol. The van der Waals surface area contributed by atoms with E-state index in [1.165, 1.54) is 18.2 Å². The molecule has 0 aliphatic heterocycles. The average molecular weight is 429 g/mol. The Labute approximate surface area is 136 Å². The zero-order valence-corrected chi connectivity index (χ0v) is 14.9. The first kappa shape index (κ1) is 17.7. The molecular weight excluding hydrogens is 413 g/mol. The van der Waals surface area contributed by atoms with Crippen LogP contribution in [0, 0.1) is 3.57 Å². The number of carboxylic acid groups (broad SMARTS) is 1. The smallest absolute Gasteiger partial charge is 0.336 e. The Balaban J connectivity index is 3.09. The predicted octanol–water partition coefficient (Wildman–Crippen LogP) is 2.41. The second-order valence-electron chi connectivity index (χ2n) is 4.13. The van der Waals surface area contributed by atoms with E-state index in [1.807, 2.05) is 35.8 Å². The average Bonchev–Trinajstić information content (AvgIpc) is 2.37. The molecule has 0 heterocycles. The summed E-state index contributed by atoms with van der Waals surface area (Å²) in [7, 11) is -3.70. The number of nitrogens with one attached hydrogen (secondary N) is 1. The summed E-state index contributed by atoms with van der Waals surface area (Å²) in [6.45, 7) is 1.90. The number of hydrogen-bond acceptors (Lipinski definition) is 4. The highest BCUT2D eigenvalue weighted by atomic mass is 127. The van der Waals surface area contributed by atoms with E-state index < -0.39 is 16.0 Å². The molecule has 0 saturated heterocycles. The van der Waals surface area contributed by atoms with Crippen molar-refractivity contribution in [2.75, 3.05) is 12.0 Å². The Morgan fingerprint density at radius 1 is 1.50 bits per heavy atom. The zero-order chi connectivity index (χ0) is 15.3. The van der Waals surface area contributed by atoms with Crippen LogP contribution in [-0.2, 0) is 10.0 Å². The quantitative estimate of drug-likeness (QED) is 0.651. The zero-order valence-electron chi connectivity index (χ0n) is 11.1. The molecule has 1 aromatic rings. The highest BCUT2D eigenvalue weighted by molar-refractivity contribution is 14.1. The monoisotopic (exact) mass is 429 g/mol. The van der Waals surface area contributed by atoms with Crippen LogP contribution in [0.15, 0.2) is 23.1 Å². The van der Waals surface area contributed by atoms with Crippen molar-refractivity contribution >= 4 is 50.3 Å². The molecule has 0 aliphatic carbocycles. The van der Waals surface area contributed by atoms with Gasteiger partial charge in [-0.15, -0.1) is 0 Å². The molecule has 20 heavy (non-hydrogen) atoms. The van der Waals surface area contributed by atoms with Crippen LogP contribution in [0.3, 0.4) is 0 Å². The Kier molecular flexibility index (Phi) is 6.76. The van der Waals surface area contributed by atoms with E-state index in [9.17, 15) is 13.2 Å². The SMILES string of the molecule is CCC(CSC)NS(=O)(=O)c1ccc(I)c(C(=O)O)c1. The maximum atomic E-state index is 12.2. The molecule has 0 bridgehead atoms. The maximum absolute atomic E-state index is 12.2. The minimum atomic E-state index is -3.70. The van der Waals surface area contributed by atoms with Gasteiger partial charge in [-0.1, -0.05) is 6.92 Å². The number of halogens is 1. The number of carbonyl (C=O) groups is 1. The molecule has 1 rings (SSSR count). The van der Waals surface area contributed by atoms with E-state index in [4.69, 9.17) is 5.11 Å². The van der Waals surface area contributed by atoms with Gasteiger partial charge >= 0.3 is 5.97 Å². The molecule has 0 fully saturated rings. The highest BCUT2D eigenvalue weighted by Gasteiger charge is 2.21. The van der Waals surface area contributed by atoms with Crippen LogP contribution in [0.2, 0.25) is 0 Å². The van der Waals surface area contributed by atoms with Gasteiger partial charge in [-0.3, -0.25) is 0 Å². The van der Waals surface area contributed by atoms with Gasteiger partial charge in [-0.05, 0) is 53.5 Å². The van der Waals surface area contributed by atoms with Crippen LogP contribution in [-0.4, -0.2) is 37.5 Å². The van der Waals surface area contributed by atoms with E-state index in [0.717, 1.165) is 0 Å². The molecular formula is C12H16INO4S2. The van der Waals surface area contributed by atoms with Crippen LogP contribution in [0.25, 0.3) is 0 Å². The molecule has 0 saturated carbocycles. The molecule has 8 heteroatoms. The number of carboxylic acids is 1. The summed E-state index contributed by atoms with van der Waals surface area (Å²) in [6.07, 6.45) is 2.58. The van der Waals surface area contributed by atoms with Crippen molar-refractivity contribution < 1.29 is 18.3 Å². The van der Waals surface area contributed by atoms with Gasteiger partial charge in [0.25, 0.3) is 0 Å². The van der Waals surface area contributed by atoms with E-state index in [2.05, 4.69) is 4.72 Å². The first-order valence-electron chi connectivity index (χ1n) is 5.86. The van der Waals surface area contributed by atoms with Crippen molar-refractivity contribution in [1.29, 1.82) is 0 Å². The molecule has 1 aromatic carbocycles. The summed E-state index contributed by atoms with van der Waals surface area (Å²) < 4.78 is 27.6. The van der Waals surface area contributed by atoms with Crippen molar-refractivity contribution in [1.82, 2.24) is 4.72 Å². The lowest BCUT2D eigenvalue weighted by molar-refractivity contribution is 0.0695. The molecule has 0 aromatic heterocycles. The second kappa shape index (κ2) is 7.62. The van der Waals surface area contributed by atoms with Crippen LogP contribution < -0.4 is 4.72 Å². The lowest BCUT2D eigenvalue weighted by Gasteiger charge is -2.16. The highest BCUT2D eigenvalue weighted by Crippen LogP contribution is 2.19. The van der Waals surface area contributed by atoms with E-state index in [0.29, 0.717) is 15.7 Å². The topological polar surface area (TPSA) is 83.5 Å². The van der Waals surface area contributed by atoms with Crippen molar-refractivity contribution in [3.63, 3.8) is 0 Å². The number of benzene rings is 1. The van der Waals surface area contributed by atoms with Crippen molar-refractivity contribution in [3.05, 3.63) is 27.3 Å². The first-order chi connectivity index (χ1) is 9.31. The summed E-state index contributed by atoms with van der Waals surface area (Å²) in [5.74, 6) is -0.464. The maximum Gasteiger partial charge on any atom is 0.336 e. The van der Waals surface area contributed by atoms with Crippen LogP contribution in [0.1, 0.15) is 23.7 Å². The Bertz CT molecular complexity index is 589. The molecule has 2 N–H and O–H groups in total. The van der Waals surface area contributed by atoms with E-state index in [-0.39, 0.29) is 16.5 Å². The molecule has 112 valence electrons. The van der Waals surface area contributed by atoms with Gasteiger partial charge in [0.05, 0.1) is 10.5 Å². The molecule has 0 amide bonds. The van der Waals surface area contributed by atoms with Crippen LogP contribution >= 0.6 is 34.4 Å². The summed E-state index contributed by atoms with van der Waals surface area (Å²) in [5.41, 5.74) is -0.00797. The molecule has 0 radical (unpaired) electrons. The molecule has 5 nitrogen and oxygen atoms in total. The van der Waals surface area contributed by atoms with Gasteiger partial charge in [0.15, 0.2) is 0 Å². The van der Waals surface area contributed by atoms with E-state index in [1.54, 1.807) is 11.8 Å². The number of sulfonamides is 1. The van der Waals surface area contributed by atoms with Gasteiger partial charge < -0.3 is 5.11 Å². The normalized spacial score (nSPS) is 13.2. The van der Waals surface area contributed by atoms with Crippen molar-refractivity contribution in [3.8, 4) is 0 Å². The van der Waals surface area contributed by atoms with Crippen molar-refractivity contribution in [2.24, 2.45) is 0 Å².